The van der Waals surface area contributed by atoms with E-state index in [-0.39, 0.29) is 18.2 Å². The Morgan fingerprint density at radius 3 is 2.53 bits per heavy atom. The molecule has 0 bridgehead atoms. The van der Waals surface area contributed by atoms with Crippen molar-refractivity contribution >= 4 is 23.2 Å². The van der Waals surface area contributed by atoms with Crippen LogP contribution in [0.2, 0.25) is 10.0 Å². The van der Waals surface area contributed by atoms with Crippen LogP contribution in [-0.2, 0) is 4.74 Å². The van der Waals surface area contributed by atoms with E-state index in [2.05, 4.69) is 18.7 Å². The van der Waals surface area contributed by atoms with Gasteiger partial charge in [0.05, 0.1) is 22.3 Å². The topological polar surface area (TPSA) is 38.5 Å². The normalized spacial score (nSPS) is 26.4. The molecule has 1 aliphatic rings. The van der Waals surface area contributed by atoms with Crippen molar-refractivity contribution in [1.29, 1.82) is 0 Å². The van der Waals surface area contributed by atoms with Crippen LogP contribution in [0.25, 0.3) is 0 Å². The molecule has 2 N–H and O–H groups in total. The Balaban J connectivity index is 2.26. The van der Waals surface area contributed by atoms with Gasteiger partial charge in [-0.05, 0) is 25.5 Å². The summed E-state index contributed by atoms with van der Waals surface area (Å²) >= 11 is 12.4. The van der Waals surface area contributed by atoms with Gasteiger partial charge in [-0.25, -0.2) is 0 Å². The first-order chi connectivity index (χ1) is 9.02. The maximum Gasteiger partial charge on any atom is 0.0678 e. The molecule has 0 radical (unpaired) electrons. The summed E-state index contributed by atoms with van der Waals surface area (Å²) in [5.41, 5.74) is 6.96. The minimum Gasteiger partial charge on any atom is -0.373 e. The summed E-state index contributed by atoms with van der Waals surface area (Å²) in [7, 11) is 0. The van der Waals surface area contributed by atoms with Gasteiger partial charge < -0.3 is 10.5 Å². The van der Waals surface area contributed by atoms with Gasteiger partial charge in [0.1, 0.15) is 0 Å². The van der Waals surface area contributed by atoms with Crippen molar-refractivity contribution in [3.05, 3.63) is 33.8 Å². The van der Waals surface area contributed by atoms with Crippen LogP contribution >= 0.6 is 23.2 Å². The third-order valence-electron chi connectivity index (χ3n) is 3.45. The molecule has 1 unspecified atom stereocenters. The largest absolute Gasteiger partial charge is 0.373 e. The zero-order valence-corrected chi connectivity index (χ0v) is 12.8. The molecule has 19 heavy (non-hydrogen) atoms. The van der Waals surface area contributed by atoms with Gasteiger partial charge in [0, 0.05) is 25.7 Å². The Labute approximate surface area is 124 Å². The summed E-state index contributed by atoms with van der Waals surface area (Å²) in [4.78, 5) is 2.33. The fourth-order valence-electron chi connectivity index (χ4n) is 2.72. The molecule has 5 heteroatoms. The summed E-state index contributed by atoms with van der Waals surface area (Å²) in [6.45, 7) is 6.38. The zero-order valence-electron chi connectivity index (χ0n) is 11.3. The van der Waals surface area contributed by atoms with E-state index in [1.165, 1.54) is 0 Å². The highest BCUT2D eigenvalue weighted by atomic mass is 35.5. The zero-order chi connectivity index (χ0) is 14.0. The molecular weight excluding hydrogens is 283 g/mol. The van der Waals surface area contributed by atoms with E-state index in [1.54, 1.807) is 6.07 Å². The van der Waals surface area contributed by atoms with Crippen LogP contribution in [-0.4, -0.2) is 36.7 Å². The van der Waals surface area contributed by atoms with Gasteiger partial charge in [-0.3, -0.25) is 4.90 Å². The first kappa shape index (κ1) is 15.1. The summed E-state index contributed by atoms with van der Waals surface area (Å²) in [6, 6.07) is 5.79. The van der Waals surface area contributed by atoms with E-state index in [0.29, 0.717) is 16.6 Å². The lowest BCUT2D eigenvalue weighted by Gasteiger charge is -2.40. The van der Waals surface area contributed by atoms with Crippen molar-refractivity contribution in [3.63, 3.8) is 0 Å². The molecule has 1 aromatic carbocycles. The van der Waals surface area contributed by atoms with Gasteiger partial charge in [0.25, 0.3) is 0 Å². The number of nitrogens with two attached hydrogens (primary N) is 1. The van der Waals surface area contributed by atoms with Crippen molar-refractivity contribution in [2.24, 2.45) is 5.73 Å². The molecule has 1 aliphatic heterocycles. The van der Waals surface area contributed by atoms with Crippen LogP contribution < -0.4 is 5.73 Å². The number of benzene rings is 1. The highest BCUT2D eigenvalue weighted by molar-refractivity contribution is 6.42. The monoisotopic (exact) mass is 302 g/mol. The molecule has 3 atom stereocenters. The number of ether oxygens (including phenoxy) is 1. The summed E-state index contributed by atoms with van der Waals surface area (Å²) in [5.74, 6) is 0. The van der Waals surface area contributed by atoms with Crippen LogP contribution in [0.3, 0.4) is 0 Å². The smallest absolute Gasteiger partial charge is 0.0678 e. The number of nitrogens with zero attached hydrogens (tertiary/aromatic N) is 1. The molecule has 1 fully saturated rings. The van der Waals surface area contributed by atoms with E-state index >= 15 is 0 Å². The van der Waals surface area contributed by atoms with E-state index < -0.39 is 0 Å². The molecular formula is C14H20Cl2N2O. The molecule has 106 valence electrons. The van der Waals surface area contributed by atoms with E-state index in [1.807, 2.05) is 12.1 Å². The standard InChI is InChI=1S/C14H20Cl2N2O/c1-9-7-18(8-10(2)19-9)13(6-17)11-4-3-5-12(15)14(11)16/h3-5,9-10,13H,6-8,17H2,1-2H3/t9-,10+,13?. The van der Waals surface area contributed by atoms with Crippen molar-refractivity contribution < 1.29 is 4.74 Å². The second-order valence-electron chi connectivity index (χ2n) is 5.11. The number of rotatable bonds is 3. The van der Waals surface area contributed by atoms with Gasteiger partial charge >= 0.3 is 0 Å². The Kier molecular flexibility index (Phi) is 5.09. The summed E-state index contributed by atoms with van der Waals surface area (Å²) < 4.78 is 5.76. The van der Waals surface area contributed by atoms with Crippen molar-refractivity contribution in [2.45, 2.75) is 32.1 Å². The van der Waals surface area contributed by atoms with Crippen LogP contribution in [0.15, 0.2) is 18.2 Å². The van der Waals surface area contributed by atoms with Crippen LogP contribution in [0.1, 0.15) is 25.5 Å². The predicted molar refractivity (Wildman–Crippen MR) is 79.8 cm³/mol. The third kappa shape index (κ3) is 3.41. The van der Waals surface area contributed by atoms with E-state index in [4.69, 9.17) is 33.7 Å². The number of hydrogen-bond donors (Lipinski definition) is 1. The molecule has 3 nitrogen and oxygen atoms in total. The molecule has 2 rings (SSSR count). The molecule has 0 aliphatic carbocycles. The van der Waals surface area contributed by atoms with E-state index in [0.717, 1.165) is 18.7 Å². The first-order valence-corrected chi connectivity index (χ1v) is 7.32. The maximum absolute atomic E-state index is 6.31. The minimum absolute atomic E-state index is 0.0833. The highest BCUT2D eigenvalue weighted by Gasteiger charge is 2.29. The fourth-order valence-corrected chi connectivity index (χ4v) is 3.16. The minimum atomic E-state index is 0.0833. The Morgan fingerprint density at radius 2 is 1.95 bits per heavy atom. The van der Waals surface area contributed by atoms with Gasteiger partial charge in [-0.2, -0.15) is 0 Å². The van der Waals surface area contributed by atoms with Gasteiger partial charge in [-0.15, -0.1) is 0 Å². The molecule has 0 spiro atoms. The molecule has 0 aromatic heterocycles. The summed E-state index contributed by atoms with van der Waals surface area (Å²) in [5, 5.41) is 1.18. The van der Waals surface area contributed by atoms with Gasteiger partial charge in [0.15, 0.2) is 0 Å². The molecule has 1 heterocycles. The SMILES string of the molecule is C[C@@H]1CN(C(CN)c2cccc(Cl)c2Cl)C[C@H](C)O1. The lowest BCUT2D eigenvalue weighted by molar-refractivity contribution is -0.0799. The van der Waals surface area contributed by atoms with E-state index in [9.17, 15) is 0 Å². The number of morpholine rings is 1. The van der Waals surface area contributed by atoms with Gasteiger partial charge in [0.2, 0.25) is 0 Å². The quantitative estimate of drug-likeness (QED) is 0.932. The summed E-state index contributed by atoms with van der Waals surface area (Å²) in [6.07, 6.45) is 0.409. The average molecular weight is 303 g/mol. The fraction of sp³-hybridized carbons (Fsp3) is 0.571. The highest BCUT2D eigenvalue weighted by Crippen LogP contribution is 2.33. The second-order valence-corrected chi connectivity index (χ2v) is 5.89. The number of halogens is 2. The van der Waals surface area contributed by atoms with Crippen molar-refractivity contribution in [2.75, 3.05) is 19.6 Å². The molecule has 1 aromatic rings. The van der Waals surface area contributed by atoms with Crippen molar-refractivity contribution in [1.82, 2.24) is 4.90 Å². The Morgan fingerprint density at radius 1 is 1.32 bits per heavy atom. The lowest BCUT2D eigenvalue weighted by atomic mass is 10.0. The second kappa shape index (κ2) is 6.42. The average Bonchev–Trinajstić information content (AvgIpc) is 2.34. The van der Waals surface area contributed by atoms with Crippen LogP contribution in [0, 0.1) is 0 Å². The molecule has 1 saturated heterocycles. The number of hydrogen-bond acceptors (Lipinski definition) is 3. The molecule has 0 saturated carbocycles. The Bertz CT molecular complexity index is 431. The maximum atomic E-state index is 6.31. The van der Waals surface area contributed by atoms with Crippen LogP contribution in [0.4, 0.5) is 0 Å². The first-order valence-electron chi connectivity index (χ1n) is 6.56. The van der Waals surface area contributed by atoms with Gasteiger partial charge in [-0.1, -0.05) is 35.3 Å². The molecule has 0 amide bonds. The van der Waals surface area contributed by atoms with Crippen molar-refractivity contribution in [3.8, 4) is 0 Å². The van der Waals surface area contributed by atoms with Crippen LogP contribution in [0.5, 0.6) is 0 Å². The lowest BCUT2D eigenvalue weighted by Crippen LogP contribution is -2.48. The third-order valence-corrected chi connectivity index (χ3v) is 4.29. The Hall–Kier alpha value is -0.320. The predicted octanol–water partition coefficient (Wildman–Crippen LogP) is 3.10.